The predicted octanol–water partition coefficient (Wildman–Crippen LogP) is 3.64. The molecule has 1 amide bonds. The monoisotopic (exact) mass is 342 g/mol. The molecule has 0 unspecified atom stereocenters. The van der Waals surface area contributed by atoms with Gasteiger partial charge in [-0.1, -0.05) is 54.1 Å². The molecule has 1 heterocycles. The number of hydrogen-bond donors (Lipinski definition) is 0. The number of amides is 1. The Balaban J connectivity index is 1.81. The second-order valence-electron chi connectivity index (χ2n) is 6.41. The van der Waals surface area contributed by atoms with Crippen LogP contribution in [-0.4, -0.2) is 48.9 Å². The van der Waals surface area contributed by atoms with Crippen molar-refractivity contribution in [2.24, 2.45) is 0 Å². The van der Waals surface area contributed by atoms with E-state index in [0.29, 0.717) is 11.4 Å². The topological polar surface area (TPSA) is 23.6 Å². The van der Waals surface area contributed by atoms with Gasteiger partial charge in [0, 0.05) is 43.5 Å². The van der Waals surface area contributed by atoms with Crippen LogP contribution in [0.5, 0.6) is 0 Å². The Kier molecular flexibility index (Phi) is 5.54. The highest BCUT2D eigenvalue weighted by atomic mass is 35.5. The average molecular weight is 343 g/mol. The molecule has 0 aromatic heterocycles. The van der Waals surface area contributed by atoms with Crippen molar-refractivity contribution < 1.29 is 4.79 Å². The first-order valence-electron chi connectivity index (χ1n) is 8.40. The third-order valence-electron chi connectivity index (χ3n) is 4.69. The van der Waals surface area contributed by atoms with Gasteiger partial charge < -0.3 is 9.80 Å². The highest BCUT2D eigenvalue weighted by molar-refractivity contribution is 6.30. The van der Waals surface area contributed by atoms with Crippen molar-refractivity contribution in [2.75, 3.05) is 33.2 Å². The van der Waals surface area contributed by atoms with E-state index in [1.807, 2.05) is 41.3 Å². The van der Waals surface area contributed by atoms with Crippen LogP contribution in [0.25, 0.3) is 0 Å². The summed E-state index contributed by atoms with van der Waals surface area (Å²) in [6.45, 7) is 3.51. The first kappa shape index (κ1) is 17.0. The number of carbonyl (C=O) groups excluding carboxylic acids is 1. The molecule has 1 fully saturated rings. The van der Waals surface area contributed by atoms with Crippen LogP contribution >= 0.6 is 11.6 Å². The van der Waals surface area contributed by atoms with Crippen LogP contribution < -0.4 is 0 Å². The van der Waals surface area contributed by atoms with Crippen molar-refractivity contribution in [1.82, 2.24) is 9.80 Å². The van der Waals surface area contributed by atoms with Crippen molar-refractivity contribution in [1.29, 1.82) is 0 Å². The third kappa shape index (κ3) is 4.16. The lowest BCUT2D eigenvalue weighted by Gasteiger charge is -2.33. The van der Waals surface area contributed by atoms with Crippen molar-refractivity contribution in [3.05, 3.63) is 70.7 Å². The summed E-state index contributed by atoms with van der Waals surface area (Å²) in [6.07, 6.45) is 0.480. The number of rotatable bonds is 4. The van der Waals surface area contributed by atoms with Gasteiger partial charge in [-0.3, -0.25) is 4.79 Å². The molecular formula is C20H23ClN2O. The summed E-state index contributed by atoms with van der Waals surface area (Å²) < 4.78 is 0. The van der Waals surface area contributed by atoms with Gasteiger partial charge in [-0.2, -0.15) is 0 Å². The smallest absolute Gasteiger partial charge is 0.223 e. The van der Waals surface area contributed by atoms with Crippen LogP contribution in [0.1, 0.15) is 23.5 Å². The molecule has 4 heteroatoms. The zero-order valence-corrected chi connectivity index (χ0v) is 14.7. The first-order valence-corrected chi connectivity index (χ1v) is 8.78. The van der Waals surface area contributed by atoms with Crippen molar-refractivity contribution in [3.8, 4) is 0 Å². The molecule has 0 radical (unpaired) electrons. The summed E-state index contributed by atoms with van der Waals surface area (Å²) in [7, 11) is 2.10. The van der Waals surface area contributed by atoms with Crippen LogP contribution in [0.4, 0.5) is 0 Å². The summed E-state index contributed by atoms with van der Waals surface area (Å²) in [4.78, 5) is 17.1. The van der Waals surface area contributed by atoms with Gasteiger partial charge in [0.25, 0.3) is 0 Å². The highest BCUT2D eigenvalue weighted by Crippen LogP contribution is 2.30. The number of piperazine rings is 1. The molecule has 2 aromatic rings. The summed E-state index contributed by atoms with van der Waals surface area (Å²) in [5.41, 5.74) is 2.25. The zero-order chi connectivity index (χ0) is 16.9. The van der Waals surface area contributed by atoms with Crippen molar-refractivity contribution in [2.45, 2.75) is 12.3 Å². The van der Waals surface area contributed by atoms with Gasteiger partial charge in [-0.25, -0.2) is 0 Å². The van der Waals surface area contributed by atoms with Gasteiger partial charge in [0.15, 0.2) is 0 Å². The molecule has 3 nitrogen and oxygen atoms in total. The van der Waals surface area contributed by atoms with Gasteiger partial charge in [-0.05, 0) is 30.3 Å². The van der Waals surface area contributed by atoms with Crippen LogP contribution in [0.15, 0.2) is 54.6 Å². The predicted molar refractivity (Wildman–Crippen MR) is 98.4 cm³/mol. The van der Waals surface area contributed by atoms with Crippen LogP contribution in [0.3, 0.4) is 0 Å². The maximum atomic E-state index is 12.8. The van der Waals surface area contributed by atoms with Crippen molar-refractivity contribution in [3.63, 3.8) is 0 Å². The lowest BCUT2D eigenvalue weighted by Crippen LogP contribution is -2.47. The molecule has 1 atom stereocenters. The third-order valence-corrected chi connectivity index (χ3v) is 4.92. The number of halogens is 1. The SMILES string of the molecule is CN1CCN(C(=O)C[C@H](c2ccccc2)c2cccc(Cl)c2)CC1. The van der Waals surface area contributed by atoms with Crippen LogP contribution in [0.2, 0.25) is 5.02 Å². The Morgan fingerprint density at radius 1 is 1.00 bits per heavy atom. The summed E-state index contributed by atoms with van der Waals surface area (Å²) >= 11 is 6.18. The number of nitrogens with zero attached hydrogens (tertiary/aromatic N) is 2. The Labute approximate surface area is 148 Å². The summed E-state index contributed by atoms with van der Waals surface area (Å²) in [5.74, 6) is 0.258. The largest absolute Gasteiger partial charge is 0.340 e. The van der Waals surface area contributed by atoms with Gasteiger partial charge in [0.05, 0.1) is 0 Å². The number of hydrogen-bond acceptors (Lipinski definition) is 2. The minimum atomic E-state index is 0.0389. The molecule has 0 aliphatic carbocycles. The van der Waals surface area contributed by atoms with E-state index in [4.69, 9.17) is 11.6 Å². The second kappa shape index (κ2) is 7.82. The number of benzene rings is 2. The van der Waals surface area contributed by atoms with E-state index in [0.717, 1.165) is 37.3 Å². The van der Waals surface area contributed by atoms with E-state index in [1.54, 1.807) is 0 Å². The normalized spacial score (nSPS) is 16.8. The van der Waals surface area contributed by atoms with Gasteiger partial charge >= 0.3 is 0 Å². The van der Waals surface area contributed by atoms with E-state index < -0.39 is 0 Å². The average Bonchev–Trinajstić information content (AvgIpc) is 2.61. The van der Waals surface area contributed by atoms with Crippen LogP contribution in [0, 0.1) is 0 Å². The highest BCUT2D eigenvalue weighted by Gasteiger charge is 2.24. The second-order valence-corrected chi connectivity index (χ2v) is 6.84. The first-order chi connectivity index (χ1) is 11.6. The molecule has 0 N–H and O–H groups in total. The molecule has 126 valence electrons. The van der Waals surface area contributed by atoms with Gasteiger partial charge in [-0.15, -0.1) is 0 Å². The zero-order valence-electron chi connectivity index (χ0n) is 14.0. The molecule has 0 saturated carbocycles. The molecule has 3 rings (SSSR count). The van der Waals surface area contributed by atoms with E-state index in [9.17, 15) is 4.79 Å². The molecule has 2 aromatic carbocycles. The minimum Gasteiger partial charge on any atom is -0.340 e. The maximum absolute atomic E-state index is 12.8. The Morgan fingerprint density at radius 2 is 1.67 bits per heavy atom. The van der Waals surface area contributed by atoms with Crippen molar-refractivity contribution >= 4 is 17.5 Å². The van der Waals surface area contributed by atoms with Crippen LogP contribution in [-0.2, 0) is 4.79 Å². The Hall–Kier alpha value is -1.84. The lowest BCUT2D eigenvalue weighted by atomic mass is 9.88. The molecule has 0 spiro atoms. The standard InChI is InChI=1S/C20H23ClN2O/c1-22-10-12-23(13-11-22)20(24)15-19(16-6-3-2-4-7-16)17-8-5-9-18(21)14-17/h2-9,14,19H,10-13,15H2,1H3/t19-/m1/s1. The molecule has 1 aliphatic rings. The quantitative estimate of drug-likeness (QED) is 0.847. The number of carbonyl (C=O) groups is 1. The minimum absolute atomic E-state index is 0.0389. The molecule has 1 saturated heterocycles. The van der Waals surface area contributed by atoms with E-state index >= 15 is 0 Å². The summed E-state index contributed by atoms with van der Waals surface area (Å²) in [6, 6.07) is 18.1. The van der Waals surface area contributed by atoms with Gasteiger partial charge in [0.1, 0.15) is 0 Å². The van der Waals surface area contributed by atoms with E-state index in [1.165, 1.54) is 0 Å². The molecule has 0 bridgehead atoms. The fraction of sp³-hybridized carbons (Fsp3) is 0.350. The molecule has 24 heavy (non-hydrogen) atoms. The Bertz CT molecular complexity index is 681. The lowest BCUT2D eigenvalue weighted by molar-refractivity contribution is -0.133. The fourth-order valence-corrected chi connectivity index (χ4v) is 3.40. The summed E-state index contributed by atoms with van der Waals surface area (Å²) in [5, 5.41) is 0.709. The molecule has 1 aliphatic heterocycles. The van der Waals surface area contributed by atoms with E-state index in [-0.39, 0.29) is 11.8 Å². The molecular weight excluding hydrogens is 320 g/mol. The Morgan fingerprint density at radius 3 is 2.33 bits per heavy atom. The maximum Gasteiger partial charge on any atom is 0.223 e. The fourth-order valence-electron chi connectivity index (χ4n) is 3.20. The van der Waals surface area contributed by atoms with Gasteiger partial charge in [0.2, 0.25) is 5.91 Å². The number of likely N-dealkylation sites (N-methyl/N-ethyl adjacent to an activating group) is 1. The van der Waals surface area contributed by atoms with E-state index in [2.05, 4.69) is 30.1 Å².